The number of carbonyl (C=O) groups excluding carboxylic acids is 1. The van der Waals surface area contributed by atoms with Crippen LogP contribution in [0.15, 0.2) is 58.4 Å². The molecule has 1 aliphatic rings. The largest absolute Gasteiger partial charge is 0.484 e. The molecule has 0 aliphatic carbocycles. The zero-order valence-corrected chi connectivity index (χ0v) is 19.2. The van der Waals surface area contributed by atoms with Crippen LogP contribution in [-0.4, -0.2) is 61.2 Å². The molecule has 1 unspecified atom stereocenters. The molecular weight excluding hydrogens is 446 g/mol. The summed E-state index contributed by atoms with van der Waals surface area (Å²) in [7, 11) is -0.617. The van der Waals surface area contributed by atoms with Crippen molar-refractivity contribution >= 4 is 50.1 Å². The van der Waals surface area contributed by atoms with E-state index in [1.54, 1.807) is 41.3 Å². The van der Waals surface area contributed by atoms with Gasteiger partial charge in [-0.15, -0.1) is 0 Å². The number of carbonyl (C=O) groups is 1. The van der Waals surface area contributed by atoms with E-state index in [1.807, 2.05) is 6.92 Å². The number of rotatable bonds is 6. The third kappa shape index (κ3) is 5.34. The number of nitrogens with zero attached hydrogens (tertiary/aromatic N) is 3. The number of halogens is 1. The molecule has 160 valence electrons. The van der Waals surface area contributed by atoms with Gasteiger partial charge in [-0.25, -0.2) is 17.7 Å². The van der Waals surface area contributed by atoms with Crippen molar-refractivity contribution in [3.63, 3.8) is 0 Å². The third-order valence-corrected chi connectivity index (χ3v) is 7.41. The second-order valence-electron chi connectivity index (χ2n) is 6.85. The van der Waals surface area contributed by atoms with Gasteiger partial charge in [0.2, 0.25) is 10.0 Å². The van der Waals surface area contributed by atoms with Gasteiger partial charge in [0, 0.05) is 30.9 Å². The van der Waals surface area contributed by atoms with Crippen LogP contribution in [0, 0.1) is 0 Å². The van der Waals surface area contributed by atoms with E-state index in [0.717, 1.165) is 4.31 Å². The standard InChI is InChI=1S/C20H22ClN3O4S2/c1-14-12-24(19(25)13-28-17-9-7-15(21)8-10-17)20(29-14)22-16-5-4-6-18(11-16)30(26,27)23(2)3/h4-11,14H,12-13H2,1-3H3. The average Bonchev–Trinajstić information content (AvgIpc) is 3.07. The first-order chi connectivity index (χ1) is 14.2. The SMILES string of the molecule is CC1CN(C(=O)COc2ccc(Cl)cc2)C(=Nc2cccc(S(=O)(=O)N(C)C)c2)S1. The van der Waals surface area contributed by atoms with Crippen molar-refractivity contribution in [2.24, 2.45) is 4.99 Å². The number of ether oxygens (including phenoxy) is 1. The lowest BCUT2D eigenvalue weighted by Gasteiger charge is -2.17. The van der Waals surface area contributed by atoms with E-state index in [9.17, 15) is 13.2 Å². The Morgan fingerprint density at radius 3 is 2.63 bits per heavy atom. The molecular formula is C20H22ClN3O4S2. The van der Waals surface area contributed by atoms with Gasteiger partial charge in [-0.2, -0.15) is 0 Å². The Morgan fingerprint density at radius 2 is 1.97 bits per heavy atom. The number of benzene rings is 2. The molecule has 0 bridgehead atoms. The normalized spacial score (nSPS) is 18.2. The Hall–Kier alpha value is -2.07. The van der Waals surface area contributed by atoms with Crippen LogP contribution < -0.4 is 4.74 Å². The fourth-order valence-corrected chi connectivity index (χ4v) is 4.81. The molecule has 0 spiro atoms. The minimum Gasteiger partial charge on any atom is -0.484 e. The van der Waals surface area contributed by atoms with Crippen molar-refractivity contribution < 1.29 is 17.9 Å². The van der Waals surface area contributed by atoms with Crippen LogP contribution >= 0.6 is 23.4 Å². The van der Waals surface area contributed by atoms with Crippen LogP contribution in [0.3, 0.4) is 0 Å². The van der Waals surface area contributed by atoms with E-state index in [-0.39, 0.29) is 22.7 Å². The molecule has 3 rings (SSSR count). The highest BCUT2D eigenvalue weighted by atomic mass is 35.5. The molecule has 1 saturated heterocycles. The summed E-state index contributed by atoms with van der Waals surface area (Å²) in [5, 5.41) is 1.27. The van der Waals surface area contributed by atoms with Crippen molar-refractivity contribution in [3.8, 4) is 5.75 Å². The maximum Gasteiger partial charge on any atom is 0.266 e. The number of amides is 1. The highest BCUT2D eigenvalue weighted by Crippen LogP contribution is 2.29. The molecule has 30 heavy (non-hydrogen) atoms. The van der Waals surface area contributed by atoms with E-state index in [1.165, 1.54) is 38.0 Å². The van der Waals surface area contributed by atoms with Crippen LogP contribution in [0.1, 0.15) is 6.92 Å². The fraction of sp³-hybridized carbons (Fsp3) is 0.300. The quantitative estimate of drug-likeness (QED) is 0.648. The van der Waals surface area contributed by atoms with E-state index < -0.39 is 10.0 Å². The summed E-state index contributed by atoms with van der Waals surface area (Å²) in [5.41, 5.74) is 0.464. The Balaban J connectivity index is 1.78. The van der Waals surface area contributed by atoms with Gasteiger partial charge in [0.15, 0.2) is 11.8 Å². The van der Waals surface area contributed by atoms with Gasteiger partial charge >= 0.3 is 0 Å². The zero-order valence-electron chi connectivity index (χ0n) is 16.8. The predicted octanol–water partition coefficient (Wildman–Crippen LogP) is 3.62. The second kappa shape index (κ2) is 9.38. The van der Waals surface area contributed by atoms with Crippen molar-refractivity contribution in [1.29, 1.82) is 0 Å². The molecule has 0 N–H and O–H groups in total. The molecule has 1 amide bonds. The molecule has 1 heterocycles. The van der Waals surface area contributed by atoms with Gasteiger partial charge in [0.05, 0.1) is 10.6 Å². The van der Waals surface area contributed by atoms with Crippen LogP contribution in [0.5, 0.6) is 5.75 Å². The van der Waals surface area contributed by atoms with Crippen molar-refractivity contribution in [1.82, 2.24) is 9.21 Å². The molecule has 10 heteroatoms. The van der Waals surface area contributed by atoms with E-state index in [4.69, 9.17) is 16.3 Å². The first-order valence-electron chi connectivity index (χ1n) is 9.13. The first kappa shape index (κ1) is 22.6. The molecule has 7 nitrogen and oxygen atoms in total. The van der Waals surface area contributed by atoms with Crippen LogP contribution in [0.25, 0.3) is 0 Å². The number of amidine groups is 1. The van der Waals surface area contributed by atoms with Gasteiger partial charge in [0.25, 0.3) is 5.91 Å². The van der Waals surface area contributed by atoms with Gasteiger partial charge in [0.1, 0.15) is 5.75 Å². The first-order valence-corrected chi connectivity index (χ1v) is 11.8. The molecule has 2 aromatic carbocycles. The third-order valence-electron chi connectivity index (χ3n) is 4.28. The number of hydrogen-bond donors (Lipinski definition) is 0. The monoisotopic (exact) mass is 467 g/mol. The summed E-state index contributed by atoms with van der Waals surface area (Å²) < 4.78 is 31.4. The van der Waals surface area contributed by atoms with E-state index >= 15 is 0 Å². The van der Waals surface area contributed by atoms with Crippen molar-refractivity contribution in [2.75, 3.05) is 27.2 Å². The Kier molecular flexibility index (Phi) is 7.07. The maximum absolute atomic E-state index is 12.7. The van der Waals surface area contributed by atoms with Crippen molar-refractivity contribution in [2.45, 2.75) is 17.1 Å². The second-order valence-corrected chi connectivity index (χ2v) is 10.8. The summed E-state index contributed by atoms with van der Waals surface area (Å²) in [6.07, 6.45) is 0. The summed E-state index contributed by atoms with van der Waals surface area (Å²) in [6, 6.07) is 13.1. The van der Waals surface area contributed by atoms with E-state index in [0.29, 0.717) is 28.2 Å². The Labute approximate surface area is 185 Å². The molecule has 2 aromatic rings. The molecule has 1 atom stereocenters. The van der Waals surface area contributed by atoms with Crippen molar-refractivity contribution in [3.05, 3.63) is 53.6 Å². The summed E-state index contributed by atoms with van der Waals surface area (Å²) >= 11 is 7.32. The lowest BCUT2D eigenvalue weighted by atomic mass is 10.3. The lowest BCUT2D eigenvalue weighted by Crippen LogP contribution is -2.36. The summed E-state index contributed by atoms with van der Waals surface area (Å²) in [4.78, 5) is 19.0. The molecule has 0 saturated carbocycles. The van der Waals surface area contributed by atoms with Crippen LogP contribution in [-0.2, 0) is 14.8 Å². The topological polar surface area (TPSA) is 79.3 Å². The average molecular weight is 468 g/mol. The number of aliphatic imine (C=N–C) groups is 1. The van der Waals surface area contributed by atoms with Gasteiger partial charge in [-0.1, -0.05) is 36.4 Å². The highest BCUT2D eigenvalue weighted by molar-refractivity contribution is 8.14. The van der Waals surface area contributed by atoms with Gasteiger partial charge in [-0.3, -0.25) is 9.69 Å². The molecule has 1 aliphatic heterocycles. The minimum absolute atomic E-state index is 0.136. The predicted molar refractivity (Wildman–Crippen MR) is 120 cm³/mol. The smallest absolute Gasteiger partial charge is 0.266 e. The van der Waals surface area contributed by atoms with Gasteiger partial charge < -0.3 is 4.74 Å². The zero-order chi connectivity index (χ0) is 21.9. The lowest BCUT2D eigenvalue weighted by molar-refractivity contribution is -0.129. The van der Waals surface area contributed by atoms with Crippen LogP contribution in [0.2, 0.25) is 5.02 Å². The number of hydrogen-bond acceptors (Lipinski definition) is 6. The maximum atomic E-state index is 12.7. The number of sulfonamides is 1. The molecule has 1 fully saturated rings. The number of thioether (sulfide) groups is 1. The van der Waals surface area contributed by atoms with E-state index in [2.05, 4.69) is 4.99 Å². The van der Waals surface area contributed by atoms with Gasteiger partial charge in [-0.05, 0) is 42.5 Å². The Bertz CT molecular complexity index is 1060. The minimum atomic E-state index is -3.57. The molecule has 0 radical (unpaired) electrons. The fourth-order valence-electron chi connectivity index (χ4n) is 2.70. The Morgan fingerprint density at radius 1 is 1.27 bits per heavy atom. The van der Waals surface area contributed by atoms with Crippen LogP contribution in [0.4, 0.5) is 5.69 Å². The summed E-state index contributed by atoms with van der Waals surface area (Å²) in [6.45, 7) is 2.37. The molecule has 0 aromatic heterocycles. The summed E-state index contributed by atoms with van der Waals surface area (Å²) in [5.74, 6) is 0.324. The highest BCUT2D eigenvalue weighted by Gasteiger charge is 2.31.